The Kier molecular flexibility index (Phi) is 5.32. The molecule has 1 heterocycles. The lowest BCUT2D eigenvalue weighted by Crippen LogP contribution is -2.33. The summed E-state index contributed by atoms with van der Waals surface area (Å²) in [6, 6.07) is 10.7. The first kappa shape index (κ1) is 14.8. The van der Waals surface area contributed by atoms with Crippen molar-refractivity contribution < 1.29 is 0 Å². The Balaban J connectivity index is 2.14. The Morgan fingerprint density at radius 2 is 2.00 bits per heavy atom. The number of hydrogen-bond acceptors (Lipinski definition) is 3. The van der Waals surface area contributed by atoms with Crippen molar-refractivity contribution in [2.75, 3.05) is 13.1 Å². The summed E-state index contributed by atoms with van der Waals surface area (Å²) in [6.07, 6.45) is 4.04. The van der Waals surface area contributed by atoms with Gasteiger partial charge in [0.05, 0.1) is 12.2 Å². The predicted molar refractivity (Wildman–Crippen MR) is 82.2 cm³/mol. The van der Waals surface area contributed by atoms with Gasteiger partial charge in [0.2, 0.25) is 0 Å². The fraction of sp³-hybridized carbons (Fsp3) is 0.438. The number of aromatic nitrogens is 2. The van der Waals surface area contributed by atoms with Crippen molar-refractivity contribution >= 4 is 0 Å². The van der Waals surface area contributed by atoms with Crippen LogP contribution in [0.4, 0.5) is 0 Å². The molecule has 108 valence electrons. The second-order valence-electron chi connectivity index (χ2n) is 4.93. The zero-order valence-corrected chi connectivity index (χ0v) is 12.4. The summed E-state index contributed by atoms with van der Waals surface area (Å²) in [4.78, 5) is 2.40. The molecule has 4 nitrogen and oxygen atoms in total. The van der Waals surface area contributed by atoms with Gasteiger partial charge in [-0.1, -0.05) is 37.3 Å². The summed E-state index contributed by atoms with van der Waals surface area (Å²) >= 11 is 0. The van der Waals surface area contributed by atoms with Crippen LogP contribution in [0.2, 0.25) is 0 Å². The molecule has 0 aliphatic rings. The molecule has 2 aromatic rings. The summed E-state index contributed by atoms with van der Waals surface area (Å²) in [5.74, 6) is 0. The molecule has 0 amide bonds. The first-order valence-electron chi connectivity index (χ1n) is 7.28. The van der Waals surface area contributed by atoms with Crippen molar-refractivity contribution in [3.8, 4) is 0 Å². The average molecular weight is 272 g/mol. The molecule has 0 aliphatic carbocycles. The van der Waals surface area contributed by atoms with E-state index in [9.17, 15) is 0 Å². The quantitative estimate of drug-likeness (QED) is 0.842. The van der Waals surface area contributed by atoms with Gasteiger partial charge in [0.1, 0.15) is 0 Å². The fourth-order valence-corrected chi connectivity index (χ4v) is 2.48. The molecule has 0 radical (unpaired) electrons. The van der Waals surface area contributed by atoms with Crippen LogP contribution in [-0.2, 0) is 13.1 Å². The zero-order chi connectivity index (χ0) is 14.4. The van der Waals surface area contributed by atoms with Crippen LogP contribution in [-0.4, -0.2) is 27.8 Å². The summed E-state index contributed by atoms with van der Waals surface area (Å²) in [5, 5.41) is 4.36. The molecule has 4 heteroatoms. The second-order valence-corrected chi connectivity index (χ2v) is 4.93. The van der Waals surface area contributed by atoms with Gasteiger partial charge in [0.25, 0.3) is 0 Å². The van der Waals surface area contributed by atoms with Crippen LogP contribution in [0.1, 0.15) is 31.0 Å². The third-order valence-corrected chi connectivity index (χ3v) is 3.66. The van der Waals surface area contributed by atoms with E-state index in [0.29, 0.717) is 6.54 Å². The summed E-state index contributed by atoms with van der Waals surface area (Å²) in [6.45, 7) is 7.65. The molecular formula is C16H24N4. The van der Waals surface area contributed by atoms with Crippen LogP contribution >= 0.6 is 0 Å². The van der Waals surface area contributed by atoms with Crippen molar-refractivity contribution in [1.82, 2.24) is 14.7 Å². The van der Waals surface area contributed by atoms with Gasteiger partial charge in [0, 0.05) is 31.4 Å². The van der Waals surface area contributed by atoms with E-state index < -0.39 is 0 Å². The van der Waals surface area contributed by atoms with Gasteiger partial charge < -0.3 is 5.73 Å². The Bertz CT molecular complexity index is 506. The number of aryl methyl sites for hydroxylation is 1. The monoisotopic (exact) mass is 272 g/mol. The highest BCUT2D eigenvalue weighted by atomic mass is 15.3. The summed E-state index contributed by atoms with van der Waals surface area (Å²) in [7, 11) is 0. The van der Waals surface area contributed by atoms with Crippen molar-refractivity contribution in [3.63, 3.8) is 0 Å². The summed E-state index contributed by atoms with van der Waals surface area (Å²) in [5.41, 5.74) is 8.52. The van der Waals surface area contributed by atoms with Gasteiger partial charge >= 0.3 is 0 Å². The van der Waals surface area contributed by atoms with Crippen molar-refractivity contribution in [3.05, 3.63) is 53.9 Å². The van der Waals surface area contributed by atoms with Crippen LogP contribution in [0, 0.1) is 0 Å². The minimum atomic E-state index is 0.223. The number of nitrogens with zero attached hydrogens (tertiary/aromatic N) is 3. The SMILES string of the molecule is CCN(Cc1ccccc1)C(CN)c1cnn(CC)c1. The van der Waals surface area contributed by atoms with E-state index in [1.54, 1.807) is 0 Å². The van der Waals surface area contributed by atoms with E-state index >= 15 is 0 Å². The predicted octanol–water partition coefficient (Wildman–Crippen LogP) is 2.42. The number of nitrogens with two attached hydrogens (primary N) is 1. The van der Waals surface area contributed by atoms with Gasteiger partial charge in [-0.05, 0) is 19.0 Å². The normalized spacial score (nSPS) is 12.8. The van der Waals surface area contributed by atoms with Gasteiger partial charge in [0.15, 0.2) is 0 Å². The Morgan fingerprint density at radius 3 is 2.55 bits per heavy atom. The van der Waals surface area contributed by atoms with Crippen LogP contribution in [0.15, 0.2) is 42.7 Å². The van der Waals surface area contributed by atoms with Crippen LogP contribution in [0.3, 0.4) is 0 Å². The molecule has 2 rings (SSSR count). The molecule has 2 N–H and O–H groups in total. The number of rotatable bonds is 7. The van der Waals surface area contributed by atoms with E-state index in [1.807, 2.05) is 16.9 Å². The minimum absolute atomic E-state index is 0.223. The Morgan fingerprint density at radius 1 is 1.25 bits per heavy atom. The molecule has 1 aromatic carbocycles. The highest BCUT2D eigenvalue weighted by Gasteiger charge is 2.19. The highest BCUT2D eigenvalue weighted by molar-refractivity contribution is 5.16. The molecule has 1 atom stereocenters. The molecule has 0 saturated carbocycles. The standard InChI is InChI=1S/C16H24N4/c1-3-19(12-14-8-6-5-7-9-14)16(10-17)15-11-18-20(4-2)13-15/h5-9,11,13,16H,3-4,10,12,17H2,1-2H3. The molecule has 0 aliphatic heterocycles. The first-order valence-corrected chi connectivity index (χ1v) is 7.28. The topological polar surface area (TPSA) is 47.1 Å². The van der Waals surface area contributed by atoms with Crippen LogP contribution < -0.4 is 5.73 Å². The smallest absolute Gasteiger partial charge is 0.0538 e. The van der Waals surface area contributed by atoms with Crippen molar-refractivity contribution in [2.24, 2.45) is 5.73 Å². The van der Waals surface area contributed by atoms with Gasteiger partial charge in [-0.25, -0.2) is 0 Å². The average Bonchev–Trinajstić information content (AvgIpc) is 2.97. The van der Waals surface area contributed by atoms with E-state index in [0.717, 1.165) is 19.6 Å². The molecular weight excluding hydrogens is 248 g/mol. The largest absolute Gasteiger partial charge is 0.329 e. The van der Waals surface area contributed by atoms with Gasteiger partial charge in [-0.15, -0.1) is 0 Å². The molecule has 0 fully saturated rings. The minimum Gasteiger partial charge on any atom is -0.329 e. The maximum absolute atomic E-state index is 6.01. The lowest BCUT2D eigenvalue weighted by molar-refractivity contribution is 0.203. The molecule has 1 aromatic heterocycles. The maximum Gasteiger partial charge on any atom is 0.0538 e. The van der Waals surface area contributed by atoms with Gasteiger partial charge in [-0.3, -0.25) is 9.58 Å². The van der Waals surface area contributed by atoms with E-state index in [-0.39, 0.29) is 6.04 Å². The third-order valence-electron chi connectivity index (χ3n) is 3.66. The second kappa shape index (κ2) is 7.22. The first-order chi connectivity index (χ1) is 9.78. The molecule has 0 bridgehead atoms. The zero-order valence-electron chi connectivity index (χ0n) is 12.4. The molecule has 0 saturated heterocycles. The van der Waals surface area contributed by atoms with Crippen molar-refractivity contribution in [1.29, 1.82) is 0 Å². The summed E-state index contributed by atoms with van der Waals surface area (Å²) < 4.78 is 1.95. The van der Waals surface area contributed by atoms with Crippen molar-refractivity contribution in [2.45, 2.75) is 33.0 Å². The van der Waals surface area contributed by atoms with Gasteiger partial charge in [-0.2, -0.15) is 5.10 Å². The number of likely N-dealkylation sites (N-methyl/N-ethyl adjacent to an activating group) is 1. The highest BCUT2D eigenvalue weighted by Crippen LogP contribution is 2.21. The van der Waals surface area contributed by atoms with E-state index in [1.165, 1.54) is 11.1 Å². The molecule has 1 unspecified atom stereocenters. The Labute approximate surface area is 121 Å². The molecule has 0 spiro atoms. The van der Waals surface area contributed by atoms with E-state index in [2.05, 4.69) is 54.3 Å². The molecule has 20 heavy (non-hydrogen) atoms. The lowest BCUT2D eigenvalue weighted by atomic mass is 10.1. The van der Waals surface area contributed by atoms with Crippen LogP contribution in [0.5, 0.6) is 0 Å². The fourth-order valence-electron chi connectivity index (χ4n) is 2.48. The van der Waals surface area contributed by atoms with Crippen LogP contribution in [0.25, 0.3) is 0 Å². The number of benzene rings is 1. The third kappa shape index (κ3) is 3.46. The lowest BCUT2D eigenvalue weighted by Gasteiger charge is -2.29. The maximum atomic E-state index is 6.01. The Hall–Kier alpha value is -1.65. The van der Waals surface area contributed by atoms with E-state index in [4.69, 9.17) is 5.73 Å². The number of hydrogen-bond donors (Lipinski definition) is 1.